The van der Waals surface area contributed by atoms with Crippen LogP contribution in [0.2, 0.25) is 5.02 Å². The average molecular weight is 368 g/mol. The number of esters is 1. The largest absolute Gasteiger partial charge is 0.465 e. The molecule has 0 fully saturated rings. The van der Waals surface area contributed by atoms with Crippen molar-refractivity contribution < 1.29 is 9.53 Å². The summed E-state index contributed by atoms with van der Waals surface area (Å²) in [5, 5.41) is 0.745. The topological polar surface area (TPSA) is 55.3 Å². The van der Waals surface area contributed by atoms with Gasteiger partial charge in [-0.25, -0.2) is 14.8 Å². The molecular formula is C20H18ClN3O2. The molecule has 0 aliphatic carbocycles. The number of benzene rings is 2. The molecule has 0 atom stereocenters. The lowest BCUT2D eigenvalue weighted by Crippen LogP contribution is -2.26. The lowest BCUT2D eigenvalue weighted by Gasteiger charge is -2.31. The van der Waals surface area contributed by atoms with Gasteiger partial charge in [0.15, 0.2) is 5.82 Å². The van der Waals surface area contributed by atoms with Gasteiger partial charge >= 0.3 is 5.97 Å². The van der Waals surface area contributed by atoms with Crippen LogP contribution in [0.5, 0.6) is 0 Å². The van der Waals surface area contributed by atoms with E-state index in [-0.39, 0.29) is 5.97 Å². The van der Waals surface area contributed by atoms with E-state index in [0.717, 1.165) is 47.1 Å². The van der Waals surface area contributed by atoms with E-state index in [1.807, 2.05) is 25.1 Å². The Labute approximate surface area is 156 Å². The van der Waals surface area contributed by atoms with Crippen molar-refractivity contribution in [3.05, 3.63) is 58.2 Å². The van der Waals surface area contributed by atoms with Crippen LogP contribution in [0.15, 0.2) is 36.4 Å². The lowest BCUT2D eigenvalue weighted by molar-refractivity contribution is 0.0601. The number of hydrogen-bond donors (Lipinski definition) is 0. The summed E-state index contributed by atoms with van der Waals surface area (Å²) in [6, 6.07) is 11.2. The molecule has 3 aromatic rings. The van der Waals surface area contributed by atoms with Gasteiger partial charge in [-0.15, -0.1) is 0 Å². The molecule has 1 aliphatic rings. The third kappa shape index (κ3) is 2.88. The van der Waals surface area contributed by atoms with E-state index in [1.54, 1.807) is 18.2 Å². The van der Waals surface area contributed by atoms with Crippen LogP contribution in [0.25, 0.3) is 11.0 Å². The summed E-state index contributed by atoms with van der Waals surface area (Å²) in [7, 11) is 1.37. The minimum absolute atomic E-state index is 0.381. The number of aryl methyl sites for hydroxylation is 2. The summed E-state index contributed by atoms with van der Waals surface area (Å²) in [5.41, 5.74) is 5.08. The molecule has 0 amide bonds. The van der Waals surface area contributed by atoms with Gasteiger partial charge < -0.3 is 9.64 Å². The van der Waals surface area contributed by atoms with Crippen LogP contribution in [0.4, 0.5) is 11.5 Å². The van der Waals surface area contributed by atoms with Crippen LogP contribution in [-0.2, 0) is 11.2 Å². The van der Waals surface area contributed by atoms with Crippen LogP contribution in [-0.4, -0.2) is 29.6 Å². The molecule has 1 aromatic heterocycles. The Hall–Kier alpha value is -2.66. The fourth-order valence-corrected chi connectivity index (χ4v) is 3.61. The molecular weight excluding hydrogens is 350 g/mol. The number of rotatable bonds is 2. The molecule has 0 radical (unpaired) electrons. The summed E-state index contributed by atoms with van der Waals surface area (Å²) < 4.78 is 4.80. The van der Waals surface area contributed by atoms with Crippen LogP contribution < -0.4 is 4.90 Å². The van der Waals surface area contributed by atoms with Crippen molar-refractivity contribution in [1.82, 2.24) is 9.97 Å². The summed E-state index contributed by atoms with van der Waals surface area (Å²) in [4.78, 5) is 23.5. The maximum absolute atomic E-state index is 11.8. The Kier molecular flexibility index (Phi) is 4.24. The van der Waals surface area contributed by atoms with Gasteiger partial charge in [-0.1, -0.05) is 11.6 Å². The van der Waals surface area contributed by atoms with E-state index in [1.165, 1.54) is 12.7 Å². The van der Waals surface area contributed by atoms with Crippen molar-refractivity contribution in [2.45, 2.75) is 19.8 Å². The number of ether oxygens (including phenoxy) is 1. The first-order valence-corrected chi connectivity index (χ1v) is 8.87. The smallest absolute Gasteiger partial charge is 0.337 e. The molecule has 0 N–H and O–H groups in total. The second-order valence-electron chi connectivity index (χ2n) is 6.36. The van der Waals surface area contributed by atoms with Gasteiger partial charge in [0.1, 0.15) is 0 Å². The van der Waals surface area contributed by atoms with E-state index in [9.17, 15) is 4.79 Å². The van der Waals surface area contributed by atoms with Crippen molar-refractivity contribution in [3.63, 3.8) is 0 Å². The van der Waals surface area contributed by atoms with Gasteiger partial charge in [-0.3, -0.25) is 0 Å². The number of halogens is 1. The fourth-order valence-electron chi connectivity index (χ4n) is 3.42. The molecule has 1 aliphatic heterocycles. The van der Waals surface area contributed by atoms with E-state index in [2.05, 4.69) is 9.88 Å². The van der Waals surface area contributed by atoms with Gasteiger partial charge in [-0.2, -0.15) is 0 Å². The Bertz CT molecular complexity index is 1020. The Morgan fingerprint density at radius 2 is 2.00 bits per heavy atom. The number of hydrogen-bond acceptors (Lipinski definition) is 5. The minimum Gasteiger partial charge on any atom is -0.465 e. The van der Waals surface area contributed by atoms with Crippen molar-refractivity contribution in [2.24, 2.45) is 0 Å². The molecule has 0 bridgehead atoms. The zero-order valence-corrected chi connectivity index (χ0v) is 15.4. The van der Waals surface area contributed by atoms with Crippen LogP contribution in [0, 0.1) is 6.92 Å². The maximum Gasteiger partial charge on any atom is 0.337 e. The Morgan fingerprint density at radius 3 is 2.81 bits per heavy atom. The molecule has 0 spiro atoms. The highest BCUT2D eigenvalue weighted by Crippen LogP contribution is 2.35. The molecule has 2 heterocycles. The van der Waals surface area contributed by atoms with E-state index >= 15 is 0 Å². The van der Waals surface area contributed by atoms with E-state index in [0.29, 0.717) is 11.1 Å². The number of carbonyl (C=O) groups is 1. The predicted octanol–water partition coefficient (Wildman–Crippen LogP) is 4.46. The minimum atomic E-state index is -0.381. The summed E-state index contributed by atoms with van der Waals surface area (Å²) in [6.07, 6.45) is 2.02. The van der Waals surface area contributed by atoms with Crippen LogP contribution in [0.3, 0.4) is 0 Å². The molecule has 0 saturated heterocycles. The SMILES string of the molecule is COC(=O)c1ccc2nc(C)c(N3CCCc4cc(Cl)ccc43)nc2c1. The molecule has 5 nitrogen and oxygen atoms in total. The number of carbonyl (C=O) groups excluding carboxylic acids is 1. The highest BCUT2D eigenvalue weighted by Gasteiger charge is 2.22. The lowest BCUT2D eigenvalue weighted by atomic mass is 10.0. The molecule has 26 heavy (non-hydrogen) atoms. The maximum atomic E-state index is 11.8. The van der Waals surface area contributed by atoms with Crippen molar-refractivity contribution in [3.8, 4) is 0 Å². The van der Waals surface area contributed by atoms with Gasteiger partial charge in [0, 0.05) is 17.3 Å². The molecule has 6 heteroatoms. The number of nitrogens with zero attached hydrogens (tertiary/aromatic N) is 3. The van der Waals surface area contributed by atoms with Gasteiger partial charge in [-0.05, 0) is 61.7 Å². The number of methoxy groups -OCH3 is 1. The number of anilines is 2. The number of fused-ring (bicyclic) bond motifs is 2. The van der Waals surface area contributed by atoms with Crippen molar-refractivity contribution in [2.75, 3.05) is 18.6 Å². The highest BCUT2D eigenvalue weighted by atomic mass is 35.5. The fraction of sp³-hybridized carbons (Fsp3) is 0.250. The van der Waals surface area contributed by atoms with Gasteiger partial charge in [0.25, 0.3) is 0 Å². The summed E-state index contributed by atoms with van der Waals surface area (Å²) >= 11 is 6.15. The quantitative estimate of drug-likeness (QED) is 0.626. The van der Waals surface area contributed by atoms with Crippen LogP contribution >= 0.6 is 11.6 Å². The second kappa shape index (κ2) is 6.57. The van der Waals surface area contributed by atoms with Crippen LogP contribution in [0.1, 0.15) is 28.0 Å². The standard InChI is InChI=1S/C20H18ClN3O2/c1-12-19(24-9-3-4-13-10-15(21)6-8-18(13)24)23-17-11-14(20(25)26-2)5-7-16(17)22-12/h5-8,10-11H,3-4,9H2,1-2H3. The molecule has 0 unspecified atom stereocenters. The normalized spacial score (nSPS) is 13.6. The summed E-state index contributed by atoms with van der Waals surface area (Å²) in [5.74, 6) is 0.427. The summed E-state index contributed by atoms with van der Waals surface area (Å²) in [6.45, 7) is 2.83. The first-order valence-electron chi connectivity index (χ1n) is 8.49. The Morgan fingerprint density at radius 1 is 1.15 bits per heavy atom. The van der Waals surface area contributed by atoms with Gasteiger partial charge in [0.2, 0.25) is 0 Å². The van der Waals surface area contributed by atoms with Crippen molar-refractivity contribution in [1.29, 1.82) is 0 Å². The Balaban J connectivity index is 1.84. The third-order valence-corrected chi connectivity index (χ3v) is 4.89. The van der Waals surface area contributed by atoms with E-state index in [4.69, 9.17) is 21.3 Å². The molecule has 4 rings (SSSR count). The van der Waals surface area contributed by atoms with Gasteiger partial charge in [0.05, 0.1) is 29.4 Å². The molecule has 2 aromatic carbocycles. The van der Waals surface area contributed by atoms with Crippen molar-refractivity contribution >= 4 is 40.1 Å². The predicted molar refractivity (Wildman–Crippen MR) is 102 cm³/mol. The second-order valence-corrected chi connectivity index (χ2v) is 6.79. The zero-order valence-electron chi connectivity index (χ0n) is 14.6. The zero-order chi connectivity index (χ0) is 18.3. The first kappa shape index (κ1) is 16.8. The molecule has 0 saturated carbocycles. The highest BCUT2D eigenvalue weighted by molar-refractivity contribution is 6.30. The average Bonchev–Trinajstić information content (AvgIpc) is 2.65. The first-order chi connectivity index (χ1) is 12.6. The third-order valence-electron chi connectivity index (χ3n) is 4.65. The molecule has 132 valence electrons. The van der Waals surface area contributed by atoms with E-state index < -0.39 is 0 Å². The monoisotopic (exact) mass is 367 g/mol. The number of aromatic nitrogens is 2.